The molecule has 2 saturated carbocycles. The third-order valence-electron chi connectivity index (χ3n) is 11.5. The summed E-state index contributed by atoms with van der Waals surface area (Å²) in [4.78, 5) is 59.5. The average molecular weight is 750 g/mol. The van der Waals surface area contributed by atoms with Gasteiger partial charge in [-0.2, -0.15) is 0 Å². The van der Waals surface area contributed by atoms with Crippen LogP contribution in [0.4, 0.5) is 0 Å². The Bertz CT molecular complexity index is 1860. The number of hydrogen-bond acceptors (Lipinski definition) is 10. The van der Waals surface area contributed by atoms with Crippen LogP contribution in [0.1, 0.15) is 70.4 Å². The van der Waals surface area contributed by atoms with Crippen LogP contribution < -0.4 is 15.4 Å². The minimum Gasteiger partial charge on any atom is -0.461 e. The van der Waals surface area contributed by atoms with Gasteiger partial charge in [-0.15, -0.1) is 6.58 Å². The van der Waals surface area contributed by atoms with E-state index in [0.29, 0.717) is 58.4 Å². The van der Waals surface area contributed by atoms with Gasteiger partial charge in [0, 0.05) is 44.4 Å². The summed E-state index contributed by atoms with van der Waals surface area (Å²) in [7, 11) is -3.86. The van der Waals surface area contributed by atoms with Crippen molar-refractivity contribution in [3.63, 3.8) is 0 Å². The van der Waals surface area contributed by atoms with E-state index in [2.05, 4.69) is 51.1 Å². The molecule has 2 aromatic rings. The summed E-state index contributed by atoms with van der Waals surface area (Å²) in [5.74, 6) is -2.59. The first-order valence-corrected chi connectivity index (χ1v) is 20.3. The Morgan fingerprint density at radius 2 is 1.70 bits per heavy atom. The molecule has 53 heavy (non-hydrogen) atoms. The second kappa shape index (κ2) is 14.4. The van der Waals surface area contributed by atoms with E-state index in [1.807, 2.05) is 32.9 Å². The summed E-state index contributed by atoms with van der Waals surface area (Å²) >= 11 is 0. The maximum atomic E-state index is 14.7. The predicted molar refractivity (Wildman–Crippen MR) is 198 cm³/mol. The van der Waals surface area contributed by atoms with Crippen LogP contribution in [0.3, 0.4) is 0 Å². The molecule has 3 N–H and O–H groups in total. The van der Waals surface area contributed by atoms with Crippen molar-refractivity contribution in [1.82, 2.24) is 25.2 Å². The number of hydrogen-bond donors (Lipinski definition) is 3. The van der Waals surface area contributed by atoms with Crippen LogP contribution in [-0.4, -0.2) is 103 Å². The van der Waals surface area contributed by atoms with Crippen LogP contribution in [0.2, 0.25) is 0 Å². The lowest BCUT2D eigenvalue weighted by atomic mass is 9.85. The molecule has 13 nitrogen and oxygen atoms in total. The Morgan fingerprint density at radius 3 is 2.28 bits per heavy atom. The molecule has 0 aromatic heterocycles. The van der Waals surface area contributed by atoms with Crippen molar-refractivity contribution >= 4 is 44.5 Å². The number of benzene rings is 2. The van der Waals surface area contributed by atoms with Crippen LogP contribution in [0.15, 0.2) is 49.1 Å². The summed E-state index contributed by atoms with van der Waals surface area (Å²) in [5.41, 5.74) is 0.207. The lowest BCUT2D eigenvalue weighted by Gasteiger charge is -2.36. The van der Waals surface area contributed by atoms with Crippen molar-refractivity contribution in [2.75, 3.05) is 26.3 Å². The fraction of sp³-hybridized carbons (Fsp3) is 0.590. The van der Waals surface area contributed by atoms with Gasteiger partial charge in [0.2, 0.25) is 21.8 Å². The summed E-state index contributed by atoms with van der Waals surface area (Å²) in [6, 6.07) is 10.5. The highest BCUT2D eigenvalue weighted by atomic mass is 32.2. The number of ether oxygens (including phenoxy) is 2. The molecule has 2 aromatic carbocycles. The highest BCUT2D eigenvalue weighted by Crippen LogP contribution is 2.46. The van der Waals surface area contributed by atoms with Gasteiger partial charge >= 0.3 is 5.97 Å². The Balaban J connectivity index is 1.13. The molecule has 14 heteroatoms. The Hall–Kier alpha value is -3.85. The molecule has 2 saturated heterocycles. The topological polar surface area (TPSA) is 163 Å². The largest absolute Gasteiger partial charge is 0.461 e. The van der Waals surface area contributed by atoms with Gasteiger partial charge in [0.1, 0.15) is 17.7 Å². The molecule has 0 unspecified atom stereocenters. The highest BCUT2D eigenvalue weighted by molar-refractivity contribution is 7.91. The molecule has 4 fully saturated rings. The van der Waals surface area contributed by atoms with Crippen LogP contribution in [0.25, 0.3) is 10.8 Å². The van der Waals surface area contributed by atoms with E-state index >= 15 is 0 Å². The maximum Gasteiger partial charge on any atom is 0.320 e. The quantitative estimate of drug-likeness (QED) is 0.217. The molecular weight excluding hydrogens is 699 g/mol. The number of carbonyl (C=O) groups excluding carboxylic acids is 4. The van der Waals surface area contributed by atoms with Gasteiger partial charge in [0.15, 0.2) is 0 Å². The number of nitrogens with one attached hydrogen (secondary N) is 3. The highest BCUT2D eigenvalue weighted by Gasteiger charge is 2.62. The van der Waals surface area contributed by atoms with E-state index in [1.54, 1.807) is 11.0 Å². The first-order valence-electron chi connectivity index (χ1n) is 18.8. The summed E-state index contributed by atoms with van der Waals surface area (Å²) < 4.78 is 38.7. The SMILES string of the molecule is C=C[C@@H]1C[C@]1(NC(=O)[C@@H]1C[C@@H](N2Cc3cccc4cccc(c34)C2)CN1C(=O)[C@@H](NCC(=O)OC1CCOCC1)C(C)(C)C)C(=O)NS(=O)(=O)C1CC1. The van der Waals surface area contributed by atoms with Gasteiger partial charge in [-0.25, -0.2) is 8.42 Å². The predicted octanol–water partition coefficient (Wildman–Crippen LogP) is 2.52. The molecule has 5 aliphatic rings. The number of rotatable bonds is 12. The first kappa shape index (κ1) is 37.5. The molecule has 0 spiro atoms. The molecule has 7 rings (SSSR count). The van der Waals surface area contributed by atoms with E-state index < -0.39 is 62.0 Å². The number of carbonyl (C=O) groups is 4. The molecule has 3 amide bonds. The van der Waals surface area contributed by atoms with E-state index in [-0.39, 0.29) is 37.6 Å². The molecule has 0 radical (unpaired) electrons. The molecule has 3 heterocycles. The van der Waals surface area contributed by atoms with Crippen LogP contribution in [0, 0.1) is 11.3 Å². The normalized spacial score (nSPS) is 26.8. The Morgan fingerprint density at radius 1 is 1.04 bits per heavy atom. The van der Waals surface area contributed by atoms with E-state index in [0.717, 1.165) is 0 Å². The summed E-state index contributed by atoms with van der Waals surface area (Å²) in [5, 5.41) is 7.85. The summed E-state index contributed by atoms with van der Waals surface area (Å²) in [6.45, 7) is 11.9. The zero-order valence-corrected chi connectivity index (χ0v) is 31.6. The zero-order valence-electron chi connectivity index (χ0n) is 30.8. The van der Waals surface area contributed by atoms with Crippen molar-refractivity contribution in [3.8, 4) is 0 Å². The van der Waals surface area contributed by atoms with E-state index in [4.69, 9.17) is 9.47 Å². The number of nitrogens with zero attached hydrogens (tertiary/aromatic N) is 2. The fourth-order valence-electron chi connectivity index (χ4n) is 8.24. The van der Waals surface area contributed by atoms with E-state index in [1.165, 1.54) is 21.9 Å². The van der Waals surface area contributed by atoms with Crippen LogP contribution in [-0.2, 0) is 51.8 Å². The van der Waals surface area contributed by atoms with Gasteiger partial charge in [0.05, 0.1) is 31.1 Å². The van der Waals surface area contributed by atoms with Crippen molar-refractivity contribution in [2.45, 2.75) is 107 Å². The third-order valence-corrected chi connectivity index (χ3v) is 13.3. The monoisotopic (exact) mass is 749 g/mol. The minimum absolute atomic E-state index is 0.189. The average Bonchev–Trinajstić information content (AvgIpc) is 4.04. The second-order valence-electron chi connectivity index (χ2n) is 16.4. The zero-order chi connectivity index (χ0) is 37.7. The van der Waals surface area contributed by atoms with Gasteiger partial charge in [-0.1, -0.05) is 63.2 Å². The van der Waals surface area contributed by atoms with Gasteiger partial charge in [0.25, 0.3) is 5.91 Å². The minimum atomic E-state index is -3.86. The molecule has 3 aliphatic heterocycles. The standard InChI is InChI=1S/C39H51N5O8S/c1-5-27-19-39(27,37(48)42-53(49,50)30-12-13-30)41-35(46)31-18-28(43-21-25-10-6-8-24-9-7-11-26(22-43)33(24)25)23-44(31)36(47)34(38(2,3)4)40-20-32(45)52-29-14-16-51-17-15-29/h5-11,27-31,34,40H,1,12-23H2,2-4H3,(H,41,46)(H,42,48)/t27-,28-,31+,34-,39-/m1/s1. The van der Waals surface area contributed by atoms with Crippen molar-refractivity contribution in [2.24, 2.45) is 11.3 Å². The number of amides is 3. The lowest BCUT2D eigenvalue weighted by molar-refractivity contribution is -0.152. The van der Waals surface area contributed by atoms with Crippen molar-refractivity contribution < 1.29 is 37.1 Å². The van der Waals surface area contributed by atoms with Gasteiger partial charge in [-0.3, -0.25) is 34.1 Å². The molecular formula is C39H51N5O8S. The molecule has 5 atom stereocenters. The second-order valence-corrected chi connectivity index (χ2v) is 18.4. The first-order chi connectivity index (χ1) is 25.2. The Kier molecular flexibility index (Phi) is 10.2. The lowest BCUT2D eigenvalue weighted by Crippen LogP contribution is -2.60. The number of likely N-dealkylation sites (tertiary alicyclic amines) is 1. The van der Waals surface area contributed by atoms with Crippen molar-refractivity contribution in [1.29, 1.82) is 0 Å². The fourth-order valence-corrected chi connectivity index (χ4v) is 9.61. The Labute approximate surface area is 311 Å². The molecule has 0 bridgehead atoms. The number of esters is 1. The molecule has 2 aliphatic carbocycles. The maximum absolute atomic E-state index is 14.7. The van der Waals surface area contributed by atoms with Gasteiger partial charge in [-0.05, 0) is 53.0 Å². The summed E-state index contributed by atoms with van der Waals surface area (Å²) in [6.07, 6.45) is 4.02. The molecule has 286 valence electrons. The van der Waals surface area contributed by atoms with Gasteiger partial charge < -0.3 is 19.7 Å². The van der Waals surface area contributed by atoms with E-state index in [9.17, 15) is 27.6 Å². The van der Waals surface area contributed by atoms with Crippen LogP contribution >= 0.6 is 0 Å². The van der Waals surface area contributed by atoms with Crippen LogP contribution in [0.5, 0.6) is 0 Å². The number of sulfonamides is 1. The third kappa shape index (κ3) is 7.73. The smallest absolute Gasteiger partial charge is 0.320 e. The van der Waals surface area contributed by atoms with Crippen molar-refractivity contribution in [3.05, 3.63) is 60.2 Å².